The van der Waals surface area contributed by atoms with Gasteiger partial charge in [0.15, 0.2) is 0 Å². The monoisotopic (exact) mass is 287 g/mol. The molecule has 1 aromatic rings. The number of nitrogens with one attached hydrogen (secondary N) is 1. The van der Waals surface area contributed by atoms with Crippen molar-refractivity contribution < 1.29 is 13.2 Å². The van der Waals surface area contributed by atoms with Crippen molar-refractivity contribution in [2.24, 2.45) is 0 Å². The van der Waals surface area contributed by atoms with Gasteiger partial charge in [-0.2, -0.15) is 0 Å². The van der Waals surface area contributed by atoms with Crippen molar-refractivity contribution in [3.05, 3.63) is 18.5 Å². The summed E-state index contributed by atoms with van der Waals surface area (Å²) in [4.78, 5) is 3.78. The number of nitrogens with two attached hydrogens (primary N) is 1. The van der Waals surface area contributed by atoms with Crippen molar-refractivity contribution in [2.45, 2.75) is 31.1 Å². The number of hydrogen-bond acceptors (Lipinski definition) is 5. The highest BCUT2D eigenvalue weighted by Crippen LogP contribution is 2.14. The zero-order valence-electron chi connectivity index (χ0n) is 11.1. The molecule has 0 saturated heterocycles. The van der Waals surface area contributed by atoms with Crippen LogP contribution in [0.25, 0.3) is 0 Å². The van der Waals surface area contributed by atoms with Gasteiger partial charge in [0.2, 0.25) is 10.0 Å². The van der Waals surface area contributed by atoms with Crippen LogP contribution in [0.3, 0.4) is 0 Å². The van der Waals surface area contributed by atoms with Gasteiger partial charge < -0.3 is 10.5 Å². The molecule has 0 aliphatic heterocycles. The maximum absolute atomic E-state index is 11.9. The molecule has 0 saturated carbocycles. The summed E-state index contributed by atoms with van der Waals surface area (Å²) >= 11 is 0. The molecule has 1 heterocycles. The minimum absolute atomic E-state index is 0.0156. The van der Waals surface area contributed by atoms with Gasteiger partial charge in [0.25, 0.3) is 0 Å². The number of sulfonamides is 1. The van der Waals surface area contributed by atoms with Gasteiger partial charge in [-0.1, -0.05) is 13.3 Å². The average Bonchev–Trinajstić information content (AvgIpc) is 2.38. The summed E-state index contributed by atoms with van der Waals surface area (Å²) in [5.41, 5.74) is 5.80. The van der Waals surface area contributed by atoms with E-state index >= 15 is 0 Å². The SMILES string of the molecule is CCCCOCCCNS(=O)(=O)c1cnccc1N. The van der Waals surface area contributed by atoms with Crippen LogP contribution in [0.4, 0.5) is 5.69 Å². The lowest BCUT2D eigenvalue weighted by atomic mass is 10.4. The smallest absolute Gasteiger partial charge is 0.244 e. The largest absolute Gasteiger partial charge is 0.398 e. The van der Waals surface area contributed by atoms with E-state index in [1.807, 2.05) is 0 Å². The standard InChI is InChI=1S/C12H21N3O3S/c1-2-3-8-18-9-4-6-15-19(16,17)12-10-14-7-5-11(12)13/h5,7,10,15H,2-4,6,8-9H2,1H3,(H2,13,14). The summed E-state index contributed by atoms with van der Waals surface area (Å²) in [5.74, 6) is 0. The van der Waals surface area contributed by atoms with Crippen LogP contribution in [0.5, 0.6) is 0 Å². The molecule has 0 aliphatic rings. The lowest BCUT2D eigenvalue weighted by molar-refractivity contribution is 0.130. The molecule has 0 aliphatic carbocycles. The normalized spacial score (nSPS) is 11.6. The third-order valence-corrected chi connectivity index (χ3v) is 4.01. The number of nitrogen functional groups attached to an aromatic ring is 1. The van der Waals surface area contributed by atoms with Crippen molar-refractivity contribution >= 4 is 15.7 Å². The number of anilines is 1. The molecule has 19 heavy (non-hydrogen) atoms. The van der Waals surface area contributed by atoms with Crippen LogP contribution in [-0.2, 0) is 14.8 Å². The maximum Gasteiger partial charge on any atom is 0.244 e. The predicted molar refractivity (Wildman–Crippen MR) is 74.2 cm³/mol. The first-order chi connectivity index (χ1) is 9.08. The van der Waals surface area contributed by atoms with Gasteiger partial charge in [-0.25, -0.2) is 13.1 Å². The molecule has 0 aromatic carbocycles. The Morgan fingerprint density at radius 1 is 1.37 bits per heavy atom. The fraction of sp³-hybridized carbons (Fsp3) is 0.583. The van der Waals surface area contributed by atoms with Crippen LogP contribution < -0.4 is 10.5 Å². The first kappa shape index (κ1) is 15.9. The average molecular weight is 287 g/mol. The molecule has 6 nitrogen and oxygen atoms in total. The number of rotatable bonds is 9. The van der Waals surface area contributed by atoms with Crippen molar-refractivity contribution in [2.75, 3.05) is 25.5 Å². The summed E-state index contributed by atoms with van der Waals surface area (Å²) in [6.45, 7) is 3.68. The van der Waals surface area contributed by atoms with Crippen LogP contribution in [0.2, 0.25) is 0 Å². The van der Waals surface area contributed by atoms with E-state index in [2.05, 4.69) is 16.6 Å². The Labute approximate surface area is 114 Å². The van der Waals surface area contributed by atoms with E-state index in [0.29, 0.717) is 19.6 Å². The molecule has 3 N–H and O–H groups in total. The summed E-state index contributed by atoms with van der Waals surface area (Å²) in [7, 11) is -3.58. The molecular weight excluding hydrogens is 266 g/mol. The van der Waals surface area contributed by atoms with Crippen LogP contribution >= 0.6 is 0 Å². The lowest BCUT2D eigenvalue weighted by Gasteiger charge is -2.08. The van der Waals surface area contributed by atoms with E-state index in [1.54, 1.807) is 0 Å². The molecule has 7 heteroatoms. The van der Waals surface area contributed by atoms with E-state index in [1.165, 1.54) is 18.5 Å². The fourth-order valence-corrected chi connectivity index (χ4v) is 2.57. The highest BCUT2D eigenvalue weighted by molar-refractivity contribution is 7.89. The second kappa shape index (κ2) is 8.08. The van der Waals surface area contributed by atoms with E-state index in [9.17, 15) is 8.42 Å². The Kier molecular flexibility index (Phi) is 6.75. The molecular formula is C12H21N3O3S. The number of aromatic nitrogens is 1. The van der Waals surface area contributed by atoms with E-state index in [-0.39, 0.29) is 10.6 Å². The molecule has 0 atom stereocenters. The van der Waals surface area contributed by atoms with E-state index in [0.717, 1.165) is 19.4 Å². The number of ether oxygens (including phenoxy) is 1. The summed E-state index contributed by atoms with van der Waals surface area (Å²) in [6.07, 6.45) is 5.44. The van der Waals surface area contributed by atoms with Gasteiger partial charge in [0, 0.05) is 32.2 Å². The number of unbranched alkanes of at least 4 members (excludes halogenated alkanes) is 1. The summed E-state index contributed by atoms with van der Waals surface area (Å²) in [5, 5.41) is 0. The molecule has 0 fully saturated rings. The van der Waals surface area contributed by atoms with Crippen LogP contribution in [-0.4, -0.2) is 33.2 Å². The van der Waals surface area contributed by atoms with Gasteiger partial charge in [-0.05, 0) is 18.9 Å². The zero-order chi connectivity index (χ0) is 14.1. The highest BCUT2D eigenvalue weighted by atomic mass is 32.2. The number of nitrogens with zero attached hydrogens (tertiary/aromatic N) is 1. The van der Waals surface area contributed by atoms with E-state index in [4.69, 9.17) is 10.5 Å². The Morgan fingerprint density at radius 3 is 2.79 bits per heavy atom. The van der Waals surface area contributed by atoms with Gasteiger partial charge >= 0.3 is 0 Å². The molecule has 0 radical (unpaired) electrons. The van der Waals surface area contributed by atoms with Crippen molar-refractivity contribution in [3.8, 4) is 0 Å². The Balaban J connectivity index is 2.34. The van der Waals surface area contributed by atoms with Crippen molar-refractivity contribution in [1.29, 1.82) is 0 Å². The fourth-order valence-electron chi connectivity index (χ4n) is 1.42. The predicted octanol–water partition coefficient (Wildman–Crippen LogP) is 1.15. The molecule has 108 valence electrons. The summed E-state index contributed by atoms with van der Waals surface area (Å²) < 4.78 is 31.7. The van der Waals surface area contributed by atoms with Crippen LogP contribution in [0.15, 0.2) is 23.4 Å². The first-order valence-corrected chi connectivity index (χ1v) is 7.83. The molecule has 0 amide bonds. The van der Waals surface area contributed by atoms with Gasteiger partial charge in [0.1, 0.15) is 4.90 Å². The molecule has 1 rings (SSSR count). The quantitative estimate of drug-likeness (QED) is 0.664. The van der Waals surface area contributed by atoms with Crippen LogP contribution in [0, 0.1) is 0 Å². The zero-order valence-corrected chi connectivity index (χ0v) is 11.9. The third-order valence-electron chi connectivity index (χ3n) is 2.51. The second-order valence-electron chi connectivity index (χ2n) is 4.13. The van der Waals surface area contributed by atoms with Crippen LogP contribution in [0.1, 0.15) is 26.2 Å². The third kappa shape index (κ3) is 5.54. The Bertz CT molecular complexity index is 477. The van der Waals surface area contributed by atoms with Gasteiger partial charge in [-0.15, -0.1) is 0 Å². The lowest BCUT2D eigenvalue weighted by Crippen LogP contribution is -2.26. The minimum atomic E-state index is -3.58. The topological polar surface area (TPSA) is 94.3 Å². The number of pyridine rings is 1. The van der Waals surface area contributed by atoms with Gasteiger partial charge in [-0.3, -0.25) is 4.98 Å². The first-order valence-electron chi connectivity index (χ1n) is 6.35. The molecule has 1 aromatic heterocycles. The minimum Gasteiger partial charge on any atom is -0.398 e. The van der Waals surface area contributed by atoms with Crippen molar-refractivity contribution in [3.63, 3.8) is 0 Å². The van der Waals surface area contributed by atoms with Gasteiger partial charge in [0.05, 0.1) is 5.69 Å². The van der Waals surface area contributed by atoms with E-state index < -0.39 is 10.0 Å². The maximum atomic E-state index is 11.9. The molecule has 0 spiro atoms. The summed E-state index contributed by atoms with van der Waals surface area (Å²) in [6, 6.07) is 1.46. The Hall–Kier alpha value is -1.18. The van der Waals surface area contributed by atoms with Crippen molar-refractivity contribution in [1.82, 2.24) is 9.71 Å². The second-order valence-corrected chi connectivity index (χ2v) is 5.87. The highest BCUT2D eigenvalue weighted by Gasteiger charge is 2.16. The Morgan fingerprint density at radius 2 is 2.11 bits per heavy atom. The molecule has 0 unspecified atom stereocenters. The number of hydrogen-bond donors (Lipinski definition) is 2. The molecule has 0 bridgehead atoms.